The number of rotatable bonds is 6. The van der Waals surface area contributed by atoms with Crippen LogP contribution in [-0.4, -0.2) is 48.6 Å². The van der Waals surface area contributed by atoms with E-state index >= 15 is 0 Å². The fraction of sp³-hybridized carbons (Fsp3) is 0.556. The predicted molar refractivity (Wildman–Crippen MR) is 137 cm³/mol. The molecule has 1 aromatic carbocycles. The molecular formula is C27H39N5O. The average molecular weight is 450 g/mol. The summed E-state index contributed by atoms with van der Waals surface area (Å²) in [5, 5.41) is 5.98. The summed E-state index contributed by atoms with van der Waals surface area (Å²) in [6.45, 7) is 7.23. The number of anilines is 3. The second kappa shape index (κ2) is 11.0. The lowest BCUT2D eigenvalue weighted by Gasteiger charge is -2.38. The number of hydrogen-bond acceptors (Lipinski definition) is 4. The third-order valence-electron chi connectivity index (χ3n) is 7.17. The van der Waals surface area contributed by atoms with Crippen molar-refractivity contribution in [1.82, 2.24) is 9.88 Å². The second-order valence-corrected chi connectivity index (χ2v) is 9.99. The van der Waals surface area contributed by atoms with Crippen LogP contribution in [0.2, 0.25) is 0 Å². The predicted octanol–water partition coefficient (Wildman–Crippen LogP) is 5.82. The summed E-state index contributed by atoms with van der Waals surface area (Å²) in [6, 6.07) is 10.4. The molecule has 4 rings (SSSR count). The van der Waals surface area contributed by atoms with Gasteiger partial charge in [0.15, 0.2) is 5.82 Å². The third kappa shape index (κ3) is 6.47. The second-order valence-electron chi connectivity index (χ2n) is 9.99. The fourth-order valence-electron chi connectivity index (χ4n) is 5.48. The topological polar surface area (TPSA) is 60.5 Å². The highest BCUT2D eigenvalue weighted by atomic mass is 16.2. The van der Waals surface area contributed by atoms with Crippen molar-refractivity contribution < 1.29 is 4.79 Å². The fourth-order valence-corrected chi connectivity index (χ4v) is 5.48. The molecule has 6 heteroatoms. The Labute approximate surface area is 198 Å². The number of carbonyl (C=O) groups is 1. The van der Waals surface area contributed by atoms with Gasteiger partial charge in [-0.15, -0.1) is 0 Å². The van der Waals surface area contributed by atoms with Gasteiger partial charge in [-0.3, -0.25) is 0 Å². The van der Waals surface area contributed by atoms with Crippen LogP contribution in [0.5, 0.6) is 0 Å². The lowest BCUT2D eigenvalue weighted by molar-refractivity contribution is 0.156. The Hall–Kier alpha value is -2.60. The summed E-state index contributed by atoms with van der Waals surface area (Å²) in [5.74, 6) is 1.60. The summed E-state index contributed by atoms with van der Waals surface area (Å²) in [4.78, 5) is 22.3. The summed E-state index contributed by atoms with van der Waals surface area (Å²) in [7, 11) is 2.32. The lowest BCUT2D eigenvalue weighted by Crippen LogP contribution is -2.42. The lowest BCUT2D eigenvalue weighted by atomic mass is 9.91. The quantitative estimate of drug-likeness (QED) is 0.583. The minimum absolute atomic E-state index is 0.238. The molecule has 2 amide bonds. The van der Waals surface area contributed by atoms with E-state index in [0.717, 1.165) is 53.4 Å². The van der Waals surface area contributed by atoms with Gasteiger partial charge in [-0.05, 0) is 87.9 Å². The molecule has 1 saturated carbocycles. The minimum Gasteiger partial charge on any atom is -0.355 e. The first-order valence-electron chi connectivity index (χ1n) is 12.5. The summed E-state index contributed by atoms with van der Waals surface area (Å²) in [6.07, 6.45) is 11.1. The van der Waals surface area contributed by atoms with E-state index in [1.165, 1.54) is 51.5 Å². The van der Waals surface area contributed by atoms with Crippen LogP contribution in [0.1, 0.15) is 56.1 Å². The van der Waals surface area contributed by atoms with Crippen molar-refractivity contribution >= 4 is 23.2 Å². The van der Waals surface area contributed by atoms with Gasteiger partial charge in [-0.1, -0.05) is 25.3 Å². The first-order valence-corrected chi connectivity index (χ1v) is 12.5. The van der Waals surface area contributed by atoms with Crippen LogP contribution in [0.15, 0.2) is 36.5 Å². The first kappa shape index (κ1) is 23.6. The van der Waals surface area contributed by atoms with Gasteiger partial charge in [0.1, 0.15) is 0 Å². The molecule has 1 saturated heterocycles. The Morgan fingerprint density at radius 1 is 1.03 bits per heavy atom. The Bertz CT molecular complexity index is 912. The maximum Gasteiger partial charge on any atom is 0.323 e. The first-order chi connectivity index (χ1) is 16.0. The van der Waals surface area contributed by atoms with E-state index < -0.39 is 0 Å². The molecule has 33 heavy (non-hydrogen) atoms. The largest absolute Gasteiger partial charge is 0.355 e. The van der Waals surface area contributed by atoms with E-state index in [1.807, 2.05) is 44.3 Å². The van der Waals surface area contributed by atoms with Crippen LogP contribution in [0, 0.1) is 19.8 Å². The van der Waals surface area contributed by atoms with Gasteiger partial charge < -0.3 is 20.4 Å². The van der Waals surface area contributed by atoms with Crippen molar-refractivity contribution in [2.75, 3.05) is 42.2 Å². The van der Waals surface area contributed by atoms with Gasteiger partial charge >= 0.3 is 6.03 Å². The summed E-state index contributed by atoms with van der Waals surface area (Å²) < 4.78 is 0. The molecule has 178 valence electrons. The van der Waals surface area contributed by atoms with Gasteiger partial charge in [0.25, 0.3) is 0 Å². The summed E-state index contributed by atoms with van der Waals surface area (Å²) in [5.41, 5.74) is 3.82. The van der Waals surface area contributed by atoms with Crippen LogP contribution in [0.25, 0.3) is 0 Å². The molecule has 0 spiro atoms. The Kier molecular flexibility index (Phi) is 7.86. The molecule has 2 aromatic rings. The van der Waals surface area contributed by atoms with Gasteiger partial charge in [0, 0.05) is 37.6 Å². The van der Waals surface area contributed by atoms with Crippen LogP contribution in [-0.2, 0) is 0 Å². The number of aryl methyl sites for hydroxylation is 2. The number of urea groups is 1. The van der Waals surface area contributed by atoms with E-state index in [4.69, 9.17) is 0 Å². The van der Waals surface area contributed by atoms with E-state index in [2.05, 4.69) is 38.5 Å². The number of nitrogens with zero attached hydrogens (tertiary/aromatic N) is 3. The summed E-state index contributed by atoms with van der Waals surface area (Å²) >= 11 is 0. The normalized spacial score (nSPS) is 17.9. The van der Waals surface area contributed by atoms with Crippen molar-refractivity contribution in [3.63, 3.8) is 0 Å². The minimum atomic E-state index is -0.238. The third-order valence-corrected chi connectivity index (χ3v) is 7.17. The van der Waals surface area contributed by atoms with E-state index in [0.29, 0.717) is 0 Å². The highest BCUT2D eigenvalue weighted by molar-refractivity contribution is 6.01. The van der Waals surface area contributed by atoms with E-state index in [1.54, 1.807) is 0 Å². The molecule has 2 fully saturated rings. The number of hydrogen-bond donors (Lipinski definition) is 2. The zero-order valence-electron chi connectivity index (χ0n) is 20.4. The molecule has 1 aliphatic heterocycles. The Balaban J connectivity index is 1.32. The van der Waals surface area contributed by atoms with Gasteiger partial charge in [-0.2, -0.15) is 0 Å². The Morgan fingerprint density at radius 2 is 1.73 bits per heavy atom. The molecule has 0 atom stereocenters. The molecular weight excluding hydrogens is 410 g/mol. The highest BCUT2D eigenvalue weighted by Crippen LogP contribution is 2.29. The molecule has 6 nitrogen and oxygen atoms in total. The smallest absolute Gasteiger partial charge is 0.323 e. The molecule has 0 bridgehead atoms. The number of nitrogens with one attached hydrogen (secondary N) is 2. The van der Waals surface area contributed by atoms with Crippen molar-refractivity contribution in [2.45, 2.75) is 64.8 Å². The van der Waals surface area contributed by atoms with Crippen LogP contribution >= 0.6 is 0 Å². The molecule has 0 radical (unpaired) electrons. The number of benzene rings is 1. The van der Waals surface area contributed by atoms with Crippen LogP contribution < -0.4 is 15.5 Å². The molecule has 2 N–H and O–H groups in total. The molecule has 1 aromatic heterocycles. The Morgan fingerprint density at radius 3 is 2.42 bits per heavy atom. The number of aromatic nitrogens is 1. The zero-order chi connectivity index (χ0) is 23.2. The standard InChI is InChI=1S/C27H39N5O/c1-20-16-21(2)18-23(17-20)29-27(33)30-25-10-7-13-28-26(25)32-14-11-22(12-15-32)19-31(3)24-8-5-4-6-9-24/h7,10,13,16-18,22,24H,4-6,8-9,11-12,14-15,19H2,1-3H3,(H2,29,30,33). The van der Waals surface area contributed by atoms with Crippen molar-refractivity contribution in [1.29, 1.82) is 0 Å². The molecule has 1 aliphatic carbocycles. The maximum atomic E-state index is 12.7. The van der Waals surface area contributed by atoms with Gasteiger partial charge in [0.05, 0.1) is 5.69 Å². The molecule has 2 aliphatic rings. The van der Waals surface area contributed by atoms with Crippen molar-refractivity contribution in [2.24, 2.45) is 5.92 Å². The van der Waals surface area contributed by atoms with Crippen molar-refractivity contribution in [3.8, 4) is 0 Å². The van der Waals surface area contributed by atoms with Gasteiger partial charge in [-0.25, -0.2) is 9.78 Å². The van der Waals surface area contributed by atoms with Gasteiger partial charge in [0.2, 0.25) is 0 Å². The number of piperidine rings is 1. The maximum absolute atomic E-state index is 12.7. The monoisotopic (exact) mass is 449 g/mol. The van der Waals surface area contributed by atoms with Crippen LogP contribution in [0.3, 0.4) is 0 Å². The number of pyridine rings is 1. The van der Waals surface area contributed by atoms with E-state index in [-0.39, 0.29) is 6.03 Å². The van der Waals surface area contributed by atoms with Crippen LogP contribution in [0.4, 0.5) is 22.0 Å². The zero-order valence-corrected chi connectivity index (χ0v) is 20.4. The number of amides is 2. The molecule has 2 heterocycles. The SMILES string of the molecule is Cc1cc(C)cc(NC(=O)Nc2cccnc2N2CCC(CN(C)C3CCCCC3)CC2)c1. The van der Waals surface area contributed by atoms with E-state index in [9.17, 15) is 4.79 Å². The molecule has 0 unspecified atom stereocenters. The van der Waals surface area contributed by atoms with Crippen molar-refractivity contribution in [3.05, 3.63) is 47.7 Å². The average Bonchev–Trinajstić information content (AvgIpc) is 2.80. The highest BCUT2D eigenvalue weighted by Gasteiger charge is 2.26. The number of carbonyl (C=O) groups excluding carboxylic acids is 1.